The number of hydrogen-bond donors (Lipinski definition) is 2. The van der Waals surface area contributed by atoms with Gasteiger partial charge < -0.3 is 15.4 Å². The molecule has 5 nitrogen and oxygen atoms in total. The van der Waals surface area contributed by atoms with Gasteiger partial charge in [0.1, 0.15) is 12.1 Å². The Morgan fingerprint density at radius 1 is 0.889 bits per heavy atom. The Morgan fingerprint density at radius 3 is 2.07 bits per heavy atom. The molecular formula is C22H24N2O3. The molecule has 0 radical (unpaired) electrons. The van der Waals surface area contributed by atoms with Crippen LogP contribution in [0, 0.1) is 11.8 Å². The first-order chi connectivity index (χ1) is 12.8. The van der Waals surface area contributed by atoms with Crippen molar-refractivity contribution in [1.82, 2.24) is 10.6 Å². The van der Waals surface area contributed by atoms with Gasteiger partial charge in [0, 0.05) is 17.7 Å². The van der Waals surface area contributed by atoms with Gasteiger partial charge in [0.05, 0.1) is 0 Å². The molecule has 0 fully saturated rings. The van der Waals surface area contributed by atoms with Crippen LogP contribution >= 0.6 is 0 Å². The zero-order valence-corrected chi connectivity index (χ0v) is 15.8. The van der Waals surface area contributed by atoms with Crippen LogP contribution in [0.5, 0.6) is 0 Å². The first-order valence-electron chi connectivity index (χ1n) is 8.71. The topological polar surface area (TPSA) is 67.4 Å². The van der Waals surface area contributed by atoms with Crippen molar-refractivity contribution in [2.75, 3.05) is 6.54 Å². The first kappa shape index (κ1) is 20.1. The number of alkyl carbamates (subject to hydrolysis) is 1. The molecule has 2 aromatic carbocycles. The summed E-state index contributed by atoms with van der Waals surface area (Å²) in [7, 11) is 0. The molecule has 27 heavy (non-hydrogen) atoms. The van der Waals surface area contributed by atoms with Crippen molar-refractivity contribution in [1.29, 1.82) is 0 Å². The minimum Gasteiger partial charge on any atom is -0.444 e. The third kappa shape index (κ3) is 8.10. The van der Waals surface area contributed by atoms with Crippen molar-refractivity contribution in [2.45, 2.75) is 32.9 Å². The third-order valence-corrected chi connectivity index (χ3v) is 3.36. The van der Waals surface area contributed by atoms with Gasteiger partial charge in [-0.05, 0) is 50.6 Å². The van der Waals surface area contributed by atoms with E-state index in [4.69, 9.17) is 4.74 Å². The minimum absolute atomic E-state index is 0.129. The fourth-order valence-corrected chi connectivity index (χ4v) is 2.10. The standard InChI is InChI=1S/C22H24N2O3/c1-22(2,3)27-21(26)24-16-20(25)23-15-19-13-11-18(12-14-19)10-9-17-7-5-4-6-8-17/h4-8,11-14H,15-16H2,1-3H3,(H,23,25)(H,24,26). The second-order valence-corrected chi connectivity index (χ2v) is 6.95. The van der Waals surface area contributed by atoms with E-state index in [0.717, 1.165) is 16.7 Å². The maximum absolute atomic E-state index is 11.8. The van der Waals surface area contributed by atoms with Gasteiger partial charge in [0.15, 0.2) is 0 Å². The van der Waals surface area contributed by atoms with Crippen LogP contribution in [0.2, 0.25) is 0 Å². The van der Waals surface area contributed by atoms with Gasteiger partial charge >= 0.3 is 6.09 Å². The number of benzene rings is 2. The minimum atomic E-state index is -0.612. The Hall–Kier alpha value is -3.26. The molecule has 0 aliphatic heterocycles. The summed E-state index contributed by atoms with van der Waals surface area (Å²) in [4.78, 5) is 23.3. The molecule has 0 aromatic heterocycles. The number of carbonyl (C=O) groups is 2. The van der Waals surface area contributed by atoms with Gasteiger partial charge in [0.25, 0.3) is 0 Å². The maximum atomic E-state index is 11.8. The van der Waals surface area contributed by atoms with Crippen LogP contribution in [-0.4, -0.2) is 24.1 Å². The van der Waals surface area contributed by atoms with Crippen LogP contribution in [0.25, 0.3) is 0 Å². The summed E-state index contributed by atoms with van der Waals surface area (Å²) >= 11 is 0. The summed E-state index contributed by atoms with van der Waals surface area (Å²) in [6.07, 6.45) is -0.612. The summed E-state index contributed by atoms with van der Waals surface area (Å²) in [5, 5.41) is 5.17. The fourth-order valence-electron chi connectivity index (χ4n) is 2.10. The molecule has 2 amide bonds. The molecule has 0 aliphatic carbocycles. The molecule has 0 aliphatic rings. The molecule has 0 saturated carbocycles. The fraction of sp³-hybridized carbons (Fsp3) is 0.273. The summed E-state index contributed by atoms with van der Waals surface area (Å²) in [5.74, 6) is 5.92. The van der Waals surface area contributed by atoms with Crippen LogP contribution in [0.4, 0.5) is 4.79 Å². The zero-order valence-electron chi connectivity index (χ0n) is 15.8. The van der Waals surface area contributed by atoms with Crippen LogP contribution in [-0.2, 0) is 16.1 Å². The molecule has 5 heteroatoms. The lowest BCUT2D eigenvalue weighted by atomic mass is 10.1. The molecule has 2 rings (SSSR count). The van der Waals surface area contributed by atoms with Crippen LogP contribution in [0.1, 0.15) is 37.5 Å². The summed E-state index contributed by atoms with van der Waals surface area (Å²) in [6, 6.07) is 17.4. The van der Waals surface area contributed by atoms with Crippen molar-refractivity contribution in [3.63, 3.8) is 0 Å². The predicted molar refractivity (Wildman–Crippen MR) is 105 cm³/mol. The van der Waals surface area contributed by atoms with Crippen molar-refractivity contribution in [2.24, 2.45) is 0 Å². The van der Waals surface area contributed by atoms with E-state index in [-0.39, 0.29) is 12.5 Å². The van der Waals surface area contributed by atoms with E-state index in [1.165, 1.54) is 0 Å². The molecule has 2 aromatic rings. The monoisotopic (exact) mass is 364 g/mol. The summed E-state index contributed by atoms with van der Waals surface area (Å²) in [5.41, 5.74) is 2.23. The Bertz CT molecular complexity index is 826. The Kier molecular flexibility index (Phi) is 7.01. The van der Waals surface area contributed by atoms with Crippen LogP contribution < -0.4 is 10.6 Å². The predicted octanol–water partition coefficient (Wildman–Crippen LogP) is 3.23. The quantitative estimate of drug-likeness (QED) is 0.819. The van der Waals surface area contributed by atoms with Gasteiger partial charge in [-0.25, -0.2) is 4.79 Å². The maximum Gasteiger partial charge on any atom is 0.408 e. The molecule has 0 spiro atoms. The van der Waals surface area contributed by atoms with E-state index in [2.05, 4.69) is 22.5 Å². The number of amides is 2. The molecule has 0 saturated heterocycles. The molecule has 0 heterocycles. The normalized spacial score (nSPS) is 10.3. The van der Waals surface area contributed by atoms with Crippen LogP contribution in [0.15, 0.2) is 54.6 Å². The van der Waals surface area contributed by atoms with Crippen molar-refractivity contribution in [3.05, 3.63) is 71.3 Å². The third-order valence-electron chi connectivity index (χ3n) is 3.36. The highest BCUT2D eigenvalue weighted by atomic mass is 16.6. The first-order valence-corrected chi connectivity index (χ1v) is 8.71. The largest absolute Gasteiger partial charge is 0.444 e. The number of nitrogens with one attached hydrogen (secondary N) is 2. The average molecular weight is 364 g/mol. The lowest BCUT2D eigenvalue weighted by Crippen LogP contribution is -2.39. The van der Waals surface area contributed by atoms with E-state index < -0.39 is 11.7 Å². The van der Waals surface area contributed by atoms with E-state index in [9.17, 15) is 9.59 Å². The number of hydrogen-bond acceptors (Lipinski definition) is 3. The smallest absolute Gasteiger partial charge is 0.408 e. The van der Waals surface area contributed by atoms with E-state index in [1.807, 2.05) is 54.6 Å². The Balaban J connectivity index is 1.77. The highest BCUT2D eigenvalue weighted by molar-refractivity contribution is 5.82. The lowest BCUT2D eigenvalue weighted by Gasteiger charge is -2.19. The average Bonchev–Trinajstić information content (AvgIpc) is 2.63. The molecule has 140 valence electrons. The van der Waals surface area contributed by atoms with Crippen LogP contribution in [0.3, 0.4) is 0 Å². The molecule has 0 atom stereocenters. The number of ether oxygens (including phenoxy) is 1. The van der Waals surface area contributed by atoms with Crippen molar-refractivity contribution in [3.8, 4) is 11.8 Å². The molecule has 0 bridgehead atoms. The molecule has 2 N–H and O–H groups in total. The second-order valence-electron chi connectivity index (χ2n) is 6.95. The second kappa shape index (κ2) is 9.44. The highest BCUT2D eigenvalue weighted by Gasteiger charge is 2.16. The van der Waals surface area contributed by atoms with Gasteiger partial charge in [-0.1, -0.05) is 42.2 Å². The Morgan fingerprint density at radius 2 is 1.48 bits per heavy atom. The van der Waals surface area contributed by atoms with Gasteiger partial charge in [-0.2, -0.15) is 0 Å². The highest BCUT2D eigenvalue weighted by Crippen LogP contribution is 2.06. The summed E-state index contributed by atoms with van der Waals surface area (Å²) in [6.45, 7) is 5.54. The molecule has 0 unspecified atom stereocenters. The van der Waals surface area contributed by atoms with E-state index >= 15 is 0 Å². The van der Waals surface area contributed by atoms with Gasteiger partial charge in [0.2, 0.25) is 5.91 Å². The summed E-state index contributed by atoms with van der Waals surface area (Å²) < 4.78 is 5.08. The number of carbonyl (C=O) groups excluding carboxylic acids is 2. The van der Waals surface area contributed by atoms with Gasteiger partial charge in [-0.15, -0.1) is 0 Å². The van der Waals surface area contributed by atoms with Crippen molar-refractivity contribution < 1.29 is 14.3 Å². The van der Waals surface area contributed by atoms with Crippen molar-refractivity contribution >= 4 is 12.0 Å². The molecular weight excluding hydrogens is 340 g/mol. The zero-order chi connectivity index (χ0) is 19.7. The van der Waals surface area contributed by atoms with E-state index in [0.29, 0.717) is 6.54 Å². The lowest BCUT2D eigenvalue weighted by molar-refractivity contribution is -0.120. The Labute approximate surface area is 160 Å². The van der Waals surface area contributed by atoms with Gasteiger partial charge in [-0.3, -0.25) is 4.79 Å². The van der Waals surface area contributed by atoms with E-state index in [1.54, 1.807) is 20.8 Å². The SMILES string of the molecule is CC(C)(C)OC(=O)NCC(=O)NCc1ccc(C#Cc2ccccc2)cc1. The number of rotatable bonds is 4.